The van der Waals surface area contributed by atoms with Crippen LogP contribution in [0.2, 0.25) is 0 Å². The minimum atomic E-state index is 0.203. The van der Waals surface area contributed by atoms with Crippen LogP contribution in [0.3, 0.4) is 0 Å². The van der Waals surface area contributed by atoms with Gasteiger partial charge < -0.3 is 9.30 Å². The normalized spacial score (nSPS) is 23.3. The molecule has 2 aromatic rings. The van der Waals surface area contributed by atoms with Gasteiger partial charge in [0.15, 0.2) is 5.65 Å². The molecule has 0 spiro atoms. The number of aromatic nitrogens is 3. The molecule has 4 nitrogen and oxygen atoms in total. The molecule has 2 unspecified atom stereocenters. The predicted octanol–water partition coefficient (Wildman–Crippen LogP) is 2.87. The van der Waals surface area contributed by atoms with Gasteiger partial charge in [-0.05, 0) is 32.4 Å². The highest BCUT2D eigenvalue weighted by Crippen LogP contribution is 2.30. The van der Waals surface area contributed by atoms with E-state index in [9.17, 15) is 0 Å². The third kappa shape index (κ3) is 2.23. The maximum Gasteiger partial charge on any atom is 0.160 e. The van der Waals surface area contributed by atoms with E-state index in [2.05, 4.69) is 21.5 Å². The molecule has 2 aromatic heterocycles. The number of aryl methyl sites for hydroxylation is 2. The van der Waals surface area contributed by atoms with Crippen molar-refractivity contribution in [1.82, 2.24) is 14.5 Å². The topological polar surface area (TPSA) is 39.9 Å². The van der Waals surface area contributed by atoms with E-state index in [-0.39, 0.29) is 6.10 Å². The summed E-state index contributed by atoms with van der Waals surface area (Å²) < 4.78 is 7.93. The van der Waals surface area contributed by atoms with E-state index in [0.717, 1.165) is 42.1 Å². The number of rotatable bonds is 3. The van der Waals surface area contributed by atoms with Crippen LogP contribution in [-0.2, 0) is 11.2 Å². The molecule has 1 fully saturated rings. The molecule has 0 N–H and O–H groups in total. The number of halogens is 1. The molecule has 3 rings (SSSR count). The van der Waals surface area contributed by atoms with Gasteiger partial charge in [-0.15, -0.1) is 11.6 Å². The Morgan fingerprint density at radius 3 is 2.95 bits per heavy atom. The summed E-state index contributed by atoms with van der Waals surface area (Å²) in [5.41, 5.74) is 2.92. The van der Waals surface area contributed by atoms with Crippen molar-refractivity contribution in [3.63, 3.8) is 0 Å². The van der Waals surface area contributed by atoms with Gasteiger partial charge in [0.05, 0.1) is 12.1 Å². The fourth-order valence-electron chi connectivity index (χ4n) is 2.78. The van der Waals surface area contributed by atoms with Gasteiger partial charge in [0.2, 0.25) is 0 Å². The van der Waals surface area contributed by atoms with Crippen molar-refractivity contribution >= 4 is 22.8 Å². The Hall–Kier alpha value is -1.13. The van der Waals surface area contributed by atoms with E-state index in [0.29, 0.717) is 11.9 Å². The SMILES string of the molecule is Cc1ccc2nc(CCCl)n(C3CCOC3C)c2n1. The van der Waals surface area contributed by atoms with Gasteiger partial charge in [0, 0.05) is 24.6 Å². The van der Waals surface area contributed by atoms with Crippen molar-refractivity contribution in [2.45, 2.75) is 38.8 Å². The van der Waals surface area contributed by atoms with Gasteiger partial charge in [-0.1, -0.05) is 0 Å². The zero-order chi connectivity index (χ0) is 13.4. The summed E-state index contributed by atoms with van der Waals surface area (Å²) in [6.07, 6.45) is 1.98. The number of imidazole rings is 1. The van der Waals surface area contributed by atoms with Crippen molar-refractivity contribution in [2.75, 3.05) is 12.5 Å². The maximum absolute atomic E-state index is 5.90. The first-order valence-corrected chi connectivity index (χ1v) is 7.26. The average molecular weight is 280 g/mol. The first-order valence-electron chi connectivity index (χ1n) is 6.72. The number of ether oxygens (including phenoxy) is 1. The number of nitrogens with zero attached hydrogens (tertiary/aromatic N) is 3. The fourth-order valence-corrected chi connectivity index (χ4v) is 2.95. The van der Waals surface area contributed by atoms with Crippen LogP contribution in [0, 0.1) is 6.92 Å². The van der Waals surface area contributed by atoms with Crippen LogP contribution in [0.4, 0.5) is 0 Å². The Balaban J connectivity index is 2.17. The van der Waals surface area contributed by atoms with Crippen LogP contribution >= 0.6 is 11.6 Å². The largest absolute Gasteiger partial charge is 0.376 e. The summed E-state index contributed by atoms with van der Waals surface area (Å²) in [5.74, 6) is 1.59. The summed E-state index contributed by atoms with van der Waals surface area (Å²) in [7, 11) is 0. The van der Waals surface area contributed by atoms with E-state index in [1.54, 1.807) is 0 Å². The number of hydrogen-bond donors (Lipinski definition) is 0. The molecule has 0 aromatic carbocycles. The zero-order valence-electron chi connectivity index (χ0n) is 11.3. The van der Waals surface area contributed by atoms with Crippen molar-refractivity contribution in [3.8, 4) is 0 Å². The summed E-state index contributed by atoms with van der Waals surface area (Å²) in [6, 6.07) is 4.35. The molecular weight excluding hydrogens is 262 g/mol. The molecule has 0 aliphatic carbocycles. The molecule has 3 heterocycles. The first kappa shape index (κ1) is 12.9. The van der Waals surface area contributed by atoms with Crippen LogP contribution in [0.25, 0.3) is 11.2 Å². The van der Waals surface area contributed by atoms with Crippen molar-refractivity contribution in [3.05, 3.63) is 23.7 Å². The predicted molar refractivity (Wildman–Crippen MR) is 75.8 cm³/mol. The van der Waals surface area contributed by atoms with Crippen LogP contribution in [-0.4, -0.2) is 33.1 Å². The highest BCUT2D eigenvalue weighted by atomic mass is 35.5. The Kier molecular flexibility index (Phi) is 3.46. The summed E-state index contributed by atoms with van der Waals surface area (Å²) in [5, 5.41) is 0. The lowest BCUT2D eigenvalue weighted by Gasteiger charge is -2.19. The second-order valence-corrected chi connectivity index (χ2v) is 5.44. The molecule has 2 atom stereocenters. The van der Waals surface area contributed by atoms with Gasteiger partial charge in [-0.25, -0.2) is 9.97 Å². The molecule has 5 heteroatoms. The van der Waals surface area contributed by atoms with Crippen LogP contribution in [0.15, 0.2) is 12.1 Å². The lowest BCUT2D eigenvalue weighted by Crippen LogP contribution is -2.19. The fraction of sp³-hybridized carbons (Fsp3) is 0.571. The van der Waals surface area contributed by atoms with E-state index >= 15 is 0 Å². The Labute approximate surface area is 117 Å². The molecule has 19 heavy (non-hydrogen) atoms. The monoisotopic (exact) mass is 279 g/mol. The van der Waals surface area contributed by atoms with E-state index < -0.39 is 0 Å². The third-order valence-corrected chi connectivity index (χ3v) is 3.92. The van der Waals surface area contributed by atoms with Gasteiger partial charge >= 0.3 is 0 Å². The van der Waals surface area contributed by atoms with E-state index in [1.807, 2.05) is 19.1 Å². The minimum Gasteiger partial charge on any atom is -0.376 e. The second kappa shape index (κ2) is 5.10. The summed E-state index contributed by atoms with van der Waals surface area (Å²) in [4.78, 5) is 9.34. The first-order chi connectivity index (χ1) is 9.20. The van der Waals surface area contributed by atoms with Crippen molar-refractivity contribution < 1.29 is 4.74 Å². The molecule has 0 saturated carbocycles. The van der Waals surface area contributed by atoms with Crippen molar-refractivity contribution in [1.29, 1.82) is 0 Å². The summed E-state index contributed by atoms with van der Waals surface area (Å²) >= 11 is 5.90. The zero-order valence-corrected chi connectivity index (χ0v) is 12.0. The average Bonchev–Trinajstić information content (AvgIpc) is 2.93. The molecule has 0 amide bonds. The number of pyridine rings is 1. The maximum atomic E-state index is 5.90. The van der Waals surface area contributed by atoms with Crippen LogP contribution < -0.4 is 0 Å². The lowest BCUT2D eigenvalue weighted by atomic mass is 10.1. The van der Waals surface area contributed by atoms with Crippen molar-refractivity contribution in [2.24, 2.45) is 0 Å². The molecule has 0 radical (unpaired) electrons. The molecular formula is C14H18ClN3O. The molecule has 1 saturated heterocycles. The smallest absolute Gasteiger partial charge is 0.160 e. The highest BCUT2D eigenvalue weighted by Gasteiger charge is 2.29. The van der Waals surface area contributed by atoms with E-state index in [4.69, 9.17) is 16.3 Å². The molecule has 1 aliphatic rings. The number of alkyl halides is 1. The number of hydrogen-bond acceptors (Lipinski definition) is 3. The highest BCUT2D eigenvalue weighted by molar-refractivity contribution is 6.17. The quantitative estimate of drug-likeness (QED) is 0.811. The standard InChI is InChI=1S/C14H18ClN3O/c1-9-3-4-11-14(16-9)18(13(17-11)5-7-15)12-6-8-19-10(12)2/h3-4,10,12H,5-8H2,1-2H3. The summed E-state index contributed by atoms with van der Waals surface area (Å²) in [6.45, 7) is 4.92. The second-order valence-electron chi connectivity index (χ2n) is 5.06. The molecule has 1 aliphatic heterocycles. The van der Waals surface area contributed by atoms with Gasteiger partial charge in [0.1, 0.15) is 11.3 Å². The van der Waals surface area contributed by atoms with Gasteiger partial charge in [-0.3, -0.25) is 0 Å². The lowest BCUT2D eigenvalue weighted by molar-refractivity contribution is 0.108. The Morgan fingerprint density at radius 1 is 1.42 bits per heavy atom. The Morgan fingerprint density at radius 2 is 2.26 bits per heavy atom. The number of fused-ring (bicyclic) bond motifs is 1. The molecule has 102 valence electrons. The van der Waals surface area contributed by atoms with Crippen LogP contribution in [0.5, 0.6) is 0 Å². The molecule has 0 bridgehead atoms. The third-order valence-electron chi connectivity index (χ3n) is 3.74. The Bertz CT molecular complexity index is 596. The van der Waals surface area contributed by atoms with Crippen LogP contribution in [0.1, 0.15) is 30.9 Å². The minimum absolute atomic E-state index is 0.203. The van der Waals surface area contributed by atoms with Gasteiger partial charge in [-0.2, -0.15) is 0 Å². The van der Waals surface area contributed by atoms with E-state index in [1.165, 1.54) is 0 Å². The van der Waals surface area contributed by atoms with Gasteiger partial charge in [0.25, 0.3) is 0 Å².